The zero-order valence-corrected chi connectivity index (χ0v) is 29.9. The van der Waals surface area contributed by atoms with Crippen LogP contribution in [0.3, 0.4) is 0 Å². The third kappa shape index (κ3) is 20.1. The zero-order chi connectivity index (χ0) is 36.4. The molecule has 0 saturated heterocycles. The van der Waals surface area contributed by atoms with Crippen molar-refractivity contribution in [3.63, 3.8) is 0 Å². The van der Waals surface area contributed by atoms with Gasteiger partial charge in [0.2, 0.25) is 0 Å². The van der Waals surface area contributed by atoms with Crippen molar-refractivity contribution in [1.82, 2.24) is 20.6 Å². The molecule has 2 heterocycles. The molecule has 2 aromatic rings. The third-order valence-corrected chi connectivity index (χ3v) is 5.28. The number of rotatable bonds is 8. The van der Waals surface area contributed by atoms with Crippen LogP contribution in [-0.4, -0.2) is 75.1 Å². The first-order valence-corrected chi connectivity index (χ1v) is 13.6. The number of aromatic nitrogens is 2. The van der Waals surface area contributed by atoms with Crippen molar-refractivity contribution in [2.45, 2.75) is 97.4 Å². The third-order valence-electron chi connectivity index (χ3n) is 5.28. The molecule has 0 aromatic carbocycles. The average molecular weight is 739 g/mol. The van der Waals surface area contributed by atoms with E-state index in [1.807, 2.05) is 0 Å². The van der Waals surface area contributed by atoms with E-state index < -0.39 is 71.2 Å². The Kier molecular flexibility index (Phi) is 21.2. The molecule has 50 heavy (non-hydrogen) atoms. The van der Waals surface area contributed by atoms with Gasteiger partial charge in [-0.25, -0.2) is 19.2 Å². The van der Waals surface area contributed by atoms with E-state index in [1.165, 1.54) is 6.07 Å². The Morgan fingerprint density at radius 1 is 0.720 bits per heavy atom. The Hall–Kier alpha value is -3.68. The number of ether oxygens (including phenoxy) is 3. The van der Waals surface area contributed by atoms with Crippen molar-refractivity contribution < 1.29 is 99.9 Å². The van der Waals surface area contributed by atoms with Crippen LogP contribution in [0.15, 0.2) is 36.7 Å². The largest absolute Gasteiger partial charge is 1.00 e. The van der Waals surface area contributed by atoms with E-state index in [2.05, 4.69) is 25.3 Å². The van der Waals surface area contributed by atoms with Gasteiger partial charge in [0.15, 0.2) is 0 Å². The van der Waals surface area contributed by atoms with Crippen LogP contribution in [0.5, 0.6) is 0 Å². The molecule has 0 aliphatic heterocycles. The first kappa shape index (κ1) is 50.7. The van der Waals surface area contributed by atoms with Gasteiger partial charge < -0.3 is 35.4 Å². The molecule has 0 saturated carbocycles. The number of methoxy groups -OCH3 is 1. The zero-order valence-electron chi connectivity index (χ0n) is 27.9. The molecule has 0 aliphatic rings. The number of nitrogens with one attached hydrogen (secondary N) is 2. The number of alkyl carbamates (subject to hydrolysis) is 2. The number of carboxylic acids is 1. The van der Waals surface area contributed by atoms with Crippen LogP contribution in [0.4, 0.5) is 35.9 Å². The average Bonchev–Trinajstić information content (AvgIpc) is 2.89. The number of hydrogen-bond acceptors (Lipinski definition) is 10. The maximum atomic E-state index is 12.5. The summed E-state index contributed by atoms with van der Waals surface area (Å²) in [7, 11) is 1.14. The number of halogens is 6. The van der Waals surface area contributed by atoms with E-state index in [-0.39, 0.29) is 60.9 Å². The van der Waals surface area contributed by atoms with Crippen LogP contribution in [0.25, 0.3) is 0 Å². The summed E-state index contributed by atoms with van der Waals surface area (Å²) < 4.78 is 89.3. The van der Waals surface area contributed by atoms with Gasteiger partial charge in [-0.05, 0) is 64.8 Å². The van der Waals surface area contributed by atoms with E-state index in [9.17, 15) is 45.5 Å². The molecule has 0 spiro atoms. The number of alkyl halides is 6. The smallest absolute Gasteiger partial charge is 0.870 e. The number of aliphatic carboxylic acids is 1. The van der Waals surface area contributed by atoms with Gasteiger partial charge in [-0.15, -0.1) is 0 Å². The minimum atomic E-state index is -4.57. The predicted octanol–water partition coefficient (Wildman–Crippen LogP) is 2.79. The van der Waals surface area contributed by atoms with Crippen LogP contribution in [0.2, 0.25) is 0 Å². The molecule has 2 rings (SSSR count). The van der Waals surface area contributed by atoms with E-state index in [4.69, 9.17) is 14.6 Å². The summed E-state index contributed by atoms with van der Waals surface area (Å²) in [5.74, 6) is -2.09. The van der Waals surface area contributed by atoms with Gasteiger partial charge in [0.05, 0.1) is 7.11 Å². The SMILES string of the molecule is C.CC(C)(C)OC(=O)N[C@H](Cc1ccc(C(F)(F)F)nc1)C(=O)O.COC(=O)[C@@H](Cc1ccc(C(F)(F)F)nc1)NC(=O)OC(C)(C)C.[Na+].[OH-]. The molecule has 2 atom stereocenters. The van der Waals surface area contributed by atoms with Crippen molar-refractivity contribution in [1.29, 1.82) is 0 Å². The second kappa shape index (κ2) is 20.9. The topological polar surface area (TPSA) is 196 Å². The molecule has 13 nitrogen and oxygen atoms in total. The van der Waals surface area contributed by atoms with Crippen molar-refractivity contribution in [2.75, 3.05) is 7.11 Å². The van der Waals surface area contributed by atoms with Gasteiger partial charge in [0.25, 0.3) is 0 Å². The van der Waals surface area contributed by atoms with Crippen molar-refractivity contribution >= 4 is 24.1 Å². The standard InChI is InChI=1S/C15H19F3N2O4.C14H17F3N2O4.CH4.Na.H2O/c1-14(2,3)24-13(22)20-10(12(21)23-4)7-9-5-6-11(19-8-9)15(16,17)18;1-13(2,3)23-12(22)19-9(11(20)21)6-8-4-5-10(18-7-8)14(15,16)17;;;/h5-6,8,10H,7H2,1-4H3,(H,20,22);4-5,7,9H,6H2,1-3H3,(H,19,22)(H,20,21);1H4;;1H2/q;;;+1;/p-1/t10-;9-;;;/m11.../s1. The fraction of sp³-hybridized carbons (Fsp3) is 0.533. The molecule has 0 unspecified atom stereocenters. The Balaban J connectivity index is -0.000000834. The van der Waals surface area contributed by atoms with E-state index >= 15 is 0 Å². The molecular weight excluding hydrogens is 697 g/mol. The second-order valence-electron chi connectivity index (χ2n) is 11.8. The fourth-order valence-electron chi connectivity index (χ4n) is 3.33. The van der Waals surface area contributed by atoms with Crippen LogP contribution in [-0.2, 0) is 49.0 Å². The van der Waals surface area contributed by atoms with Crippen LogP contribution >= 0.6 is 0 Å². The van der Waals surface area contributed by atoms with Crippen LogP contribution in [0.1, 0.15) is 71.5 Å². The Labute approximate surface area is 307 Å². The Morgan fingerprint density at radius 2 is 1.06 bits per heavy atom. The molecule has 20 heteroatoms. The molecule has 0 fully saturated rings. The first-order chi connectivity index (χ1) is 21.3. The number of hydrogen-bond donors (Lipinski definition) is 3. The first-order valence-electron chi connectivity index (χ1n) is 13.6. The summed E-state index contributed by atoms with van der Waals surface area (Å²) in [4.78, 5) is 52.8. The van der Waals surface area contributed by atoms with Gasteiger partial charge in [0, 0.05) is 25.2 Å². The van der Waals surface area contributed by atoms with E-state index in [1.54, 1.807) is 41.5 Å². The Morgan fingerprint density at radius 3 is 1.32 bits per heavy atom. The summed E-state index contributed by atoms with van der Waals surface area (Å²) in [6, 6.07) is 1.40. The van der Waals surface area contributed by atoms with E-state index in [0.717, 1.165) is 37.7 Å². The molecule has 4 N–H and O–H groups in total. The molecule has 0 aliphatic carbocycles. The molecule has 278 valence electrons. The second-order valence-corrected chi connectivity index (χ2v) is 11.8. The number of carbonyl (C=O) groups is 4. The van der Waals surface area contributed by atoms with Crippen molar-refractivity contribution in [3.8, 4) is 0 Å². The summed E-state index contributed by atoms with van der Waals surface area (Å²) in [6.45, 7) is 9.80. The normalized spacial score (nSPS) is 12.4. The molecule has 2 amide bonds. The summed E-state index contributed by atoms with van der Waals surface area (Å²) in [5, 5.41) is 13.6. The van der Waals surface area contributed by atoms with E-state index in [0.29, 0.717) is 5.56 Å². The number of nitrogens with zero attached hydrogens (tertiary/aromatic N) is 2. The minimum absolute atomic E-state index is 0. The van der Waals surface area contributed by atoms with Gasteiger partial charge in [0.1, 0.15) is 34.7 Å². The molecular formula is C30H41F6N4NaO9. The summed E-state index contributed by atoms with van der Waals surface area (Å²) >= 11 is 0. The summed E-state index contributed by atoms with van der Waals surface area (Å²) in [5.41, 5.74) is -3.12. The quantitative estimate of drug-likeness (QED) is 0.156. The number of esters is 1. The van der Waals surface area contributed by atoms with Crippen LogP contribution in [0, 0.1) is 0 Å². The van der Waals surface area contributed by atoms with Gasteiger partial charge >= 0.3 is 66.0 Å². The Bertz CT molecular complexity index is 1360. The molecule has 0 radical (unpaired) electrons. The van der Waals surface area contributed by atoms with Crippen LogP contribution < -0.4 is 40.2 Å². The fourth-order valence-corrected chi connectivity index (χ4v) is 3.33. The molecule has 2 aromatic heterocycles. The number of carbonyl (C=O) groups excluding carboxylic acids is 3. The summed E-state index contributed by atoms with van der Waals surface area (Å²) in [6.07, 6.45) is -9.27. The van der Waals surface area contributed by atoms with Crippen molar-refractivity contribution in [2.24, 2.45) is 0 Å². The number of carboxylic acid groups (broad SMARTS) is 1. The van der Waals surface area contributed by atoms with Gasteiger partial charge in [-0.3, -0.25) is 9.97 Å². The van der Waals surface area contributed by atoms with Gasteiger partial charge in [-0.1, -0.05) is 19.6 Å². The van der Waals surface area contributed by atoms with Gasteiger partial charge in [-0.2, -0.15) is 26.3 Å². The predicted molar refractivity (Wildman–Crippen MR) is 161 cm³/mol. The minimum Gasteiger partial charge on any atom is -0.870 e. The maximum absolute atomic E-state index is 12.5. The monoisotopic (exact) mass is 738 g/mol. The number of pyridine rings is 2. The number of amides is 2. The van der Waals surface area contributed by atoms with Crippen molar-refractivity contribution in [3.05, 3.63) is 59.2 Å². The maximum Gasteiger partial charge on any atom is 1.00 e. The molecule has 0 bridgehead atoms.